The zero-order valence-electron chi connectivity index (χ0n) is 21.1. The van der Waals surface area contributed by atoms with Crippen LogP contribution in [0.25, 0.3) is 0 Å². The Morgan fingerprint density at radius 1 is 1.00 bits per heavy atom. The molecule has 6 rings (SSSR count). The molecular weight excluding hydrogens is 503 g/mol. The van der Waals surface area contributed by atoms with Crippen LogP contribution in [0.15, 0.2) is 60.9 Å². The standard InChI is InChI=1S/C30H30ClFN4O2/c31-26-5-4-22(32)18-25(26)28(37)34-27-6-3-20-1-2-21(17-24(20)27)29(38)35-14-9-30(10-15-35)11-16-36(19-30)23-7-12-33-13-8-23/h1-2,4-5,7-8,12-13,17-18,27H,3,6,9-11,14-16,19H2,(H,34,37). The number of piperidine rings is 1. The molecule has 0 saturated carbocycles. The molecule has 1 aliphatic carbocycles. The maximum atomic E-state index is 13.7. The van der Waals surface area contributed by atoms with Crippen molar-refractivity contribution in [2.75, 3.05) is 31.1 Å². The predicted molar refractivity (Wildman–Crippen MR) is 145 cm³/mol. The molecule has 196 valence electrons. The topological polar surface area (TPSA) is 65.5 Å². The van der Waals surface area contributed by atoms with Crippen molar-refractivity contribution in [1.29, 1.82) is 0 Å². The van der Waals surface area contributed by atoms with E-state index in [2.05, 4.69) is 27.3 Å². The molecule has 0 radical (unpaired) electrons. The molecule has 1 N–H and O–H groups in total. The second-order valence-corrected chi connectivity index (χ2v) is 11.2. The summed E-state index contributed by atoms with van der Waals surface area (Å²) in [6.45, 7) is 3.56. The first kappa shape index (κ1) is 24.9. The second-order valence-electron chi connectivity index (χ2n) is 10.8. The number of aromatic nitrogens is 1. The molecule has 8 heteroatoms. The fourth-order valence-electron chi connectivity index (χ4n) is 6.28. The summed E-state index contributed by atoms with van der Waals surface area (Å²) >= 11 is 6.13. The quantitative estimate of drug-likeness (QED) is 0.487. The third-order valence-electron chi connectivity index (χ3n) is 8.53. The van der Waals surface area contributed by atoms with Crippen LogP contribution < -0.4 is 10.2 Å². The monoisotopic (exact) mass is 532 g/mol. The SMILES string of the molecule is O=C(NC1CCc2ccc(C(=O)N3CCC4(CC3)CCN(c3ccncc3)C4)cc21)c1cc(F)ccc1Cl. The van der Waals surface area contributed by atoms with E-state index < -0.39 is 11.7 Å². The average molecular weight is 533 g/mol. The zero-order valence-corrected chi connectivity index (χ0v) is 21.9. The molecule has 2 saturated heterocycles. The molecule has 2 amide bonds. The van der Waals surface area contributed by atoms with Gasteiger partial charge in [0.15, 0.2) is 0 Å². The summed E-state index contributed by atoms with van der Waals surface area (Å²) in [6, 6.07) is 13.5. The lowest BCUT2D eigenvalue weighted by Gasteiger charge is -2.39. The van der Waals surface area contributed by atoms with Crippen molar-refractivity contribution in [2.24, 2.45) is 5.41 Å². The molecule has 3 aliphatic rings. The number of nitrogens with one attached hydrogen (secondary N) is 1. The highest BCUT2D eigenvalue weighted by molar-refractivity contribution is 6.33. The summed E-state index contributed by atoms with van der Waals surface area (Å²) in [7, 11) is 0. The van der Waals surface area contributed by atoms with Crippen LogP contribution in [0.1, 0.15) is 63.6 Å². The smallest absolute Gasteiger partial charge is 0.253 e. The van der Waals surface area contributed by atoms with Gasteiger partial charge in [0.1, 0.15) is 5.82 Å². The van der Waals surface area contributed by atoms with E-state index in [9.17, 15) is 14.0 Å². The minimum atomic E-state index is -0.509. The number of halogens is 2. The number of nitrogens with zero attached hydrogens (tertiary/aromatic N) is 3. The lowest BCUT2D eigenvalue weighted by atomic mass is 9.77. The largest absolute Gasteiger partial charge is 0.371 e. The average Bonchev–Trinajstić information content (AvgIpc) is 3.54. The number of aryl methyl sites for hydroxylation is 1. The van der Waals surface area contributed by atoms with Gasteiger partial charge in [0.25, 0.3) is 11.8 Å². The van der Waals surface area contributed by atoms with E-state index in [1.165, 1.54) is 17.8 Å². The van der Waals surface area contributed by atoms with E-state index in [1.54, 1.807) is 0 Å². The summed E-state index contributed by atoms with van der Waals surface area (Å²) in [5, 5.41) is 3.20. The number of amides is 2. The number of fused-ring (bicyclic) bond motifs is 1. The third kappa shape index (κ3) is 4.75. The lowest BCUT2D eigenvalue weighted by Crippen LogP contribution is -2.44. The van der Waals surface area contributed by atoms with Crippen LogP contribution in [-0.4, -0.2) is 47.9 Å². The van der Waals surface area contributed by atoms with Gasteiger partial charge in [-0.1, -0.05) is 17.7 Å². The minimum Gasteiger partial charge on any atom is -0.371 e. The number of hydrogen-bond donors (Lipinski definition) is 1. The van der Waals surface area contributed by atoms with Gasteiger partial charge in [0, 0.05) is 49.8 Å². The van der Waals surface area contributed by atoms with Gasteiger partial charge in [-0.3, -0.25) is 14.6 Å². The van der Waals surface area contributed by atoms with Gasteiger partial charge in [-0.25, -0.2) is 4.39 Å². The van der Waals surface area contributed by atoms with Crippen LogP contribution in [0.2, 0.25) is 5.02 Å². The maximum Gasteiger partial charge on any atom is 0.253 e. The van der Waals surface area contributed by atoms with E-state index in [0.29, 0.717) is 5.56 Å². The van der Waals surface area contributed by atoms with Gasteiger partial charge in [-0.2, -0.15) is 0 Å². The fraction of sp³-hybridized carbons (Fsp3) is 0.367. The minimum absolute atomic E-state index is 0.0387. The second kappa shape index (κ2) is 10.0. The normalized spacial score (nSPS) is 20.0. The number of carbonyl (C=O) groups is 2. The van der Waals surface area contributed by atoms with E-state index in [4.69, 9.17) is 11.6 Å². The number of carbonyl (C=O) groups excluding carboxylic acids is 2. The number of hydrogen-bond acceptors (Lipinski definition) is 4. The van der Waals surface area contributed by atoms with Crippen molar-refractivity contribution < 1.29 is 14.0 Å². The number of anilines is 1. The fourth-order valence-corrected chi connectivity index (χ4v) is 6.48. The molecule has 38 heavy (non-hydrogen) atoms. The number of benzene rings is 2. The first-order valence-corrected chi connectivity index (χ1v) is 13.6. The summed E-state index contributed by atoms with van der Waals surface area (Å²) in [6.07, 6.45) is 8.36. The first-order valence-electron chi connectivity index (χ1n) is 13.2. The van der Waals surface area contributed by atoms with Crippen molar-refractivity contribution in [3.63, 3.8) is 0 Å². The maximum absolute atomic E-state index is 13.7. The van der Waals surface area contributed by atoms with Gasteiger partial charge in [0.2, 0.25) is 0 Å². The number of likely N-dealkylation sites (tertiary alicyclic amines) is 1. The Bertz CT molecular complexity index is 1370. The summed E-state index contributed by atoms with van der Waals surface area (Å²) < 4.78 is 13.7. The summed E-state index contributed by atoms with van der Waals surface area (Å²) in [4.78, 5) is 34.9. The molecule has 1 aromatic heterocycles. The lowest BCUT2D eigenvalue weighted by molar-refractivity contribution is 0.0610. The molecule has 3 heterocycles. The molecular formula is C30H30ClFN4O2. The Morgan fingerprint density at radius 2 is 1.76 bits per heavy atom. The van der Waals surface area contributed by atoms with E-state index >= 15 is 0 Å². The van der Waals surface area contributed by atoms with Crippen molar-refractivity contribution in [2.45, 2.75) is 38.1 Å². The molecule has 6 nitrogen and oxygen atoms in total. The molecule has 1 atom stereocenters. The Balaban J connectivity index is 1.11. The van der Waals surface area contributed by atoms with Gasteiger partial charge >= 0.3 is 0 Å². The van der Waals surface area contributed by atoms with E-state index in [0.717, 1.165) is 75.5 Å². The van der Waals surface area contributed by atoms with Crippen molar-refractivity contribution in [3.05, 3.63) is 94.0 Å². The Morgan fingerprint density at radius 3 is 2.55 bits per heavy atom. The summed E-state index contributed by atoms with van der Waals surface area (Å²) in [5.41, 5.74) is 4.31. The highest BCUT2D eigenvalue weighted by Gasteiger charge is 2.41. The van der Waals surface area contributed by atoms with Crippen LogP contribution >= 0.6 is 11.6 Å². The first-order chi connectivity index (χ1) is 18.4. The molecule has 2 fully saturated rings. The van der Waals surface area contributed by atoms with Gasteiger partial charge in [0.05, 0.1) is 16.6 Å². The Labute approximate surface area is 226 Å². The molecule has 0 bridgehead atoms. The van der Waals surface area contributed by atoms with Crippen LogP contribution in [0.3, 0.4) is 0 Å². The molecule has 1 unspecified atom stereocenters. The number of pyridine rings is 1. The van der Waals surface area contributed by atoms with Gasteiger partial charge < -0.3 is 15.1 Å². The van der Waals surface area contributed by atoms with Crippen molar-refractivity contribution in [1.82, 2.24) is 15.2 Å². The highest BCUT2D eigenvalue weighted by Crippen LogP contribution is 2.42. The van der Waals surface area contributed by atoms with E-state index in [1.807, 2.05) is 35.5 Å². The summed E-state index contributed by atoms with van der Waals surface area (Å²) in [5.74, 6) is -0.884. The van der Waals surface area contributed by atoms with Crippen LogP contribution in [-0.2, 0) is 6.42 Å². The molecule has 2 aromatic carbocycles. The van der Waals surface area contributed by atoms with Gasteiger partial charge in [-0.05, 0) is 91.1 Å². The van der Waals surface area contributed by atoms with Gasteiger partial charge in [-0.15, -0.1) is 0 Å². The molecule has 2 aliphatic heterocycles. The number of rotatable bonds is 4. The third-order valence-corrected chi connectivity index (χ3v) is 8.86. The van der Waals surface area contributed by atoms with Crippen LogP contribution in [0, 0.1) is 11.2 Å². The van der Waals surface area contributed by atoms with Crippen molar-refractivity contribution >= 4 is 29.1 Å². The van der Waals surface area contributed by atoms with E-state index in [-0.39, 0.29) is 28.0 Å². The molecule has 1 spiro atoms. The predicted octanol–water partition coefficient (Wildman–Crippen LogP) is 5.42. The van der Waals surface area contributed by atoms with Crippen LogP contribution in [0.4, 0.5) is 10.1 Å². The van der Waals surface area contributed by atoms with Crippen LogP contribution in [0.5, 0.6) is 0 Å². The highest BCUT2D eigenvalue weighted by atomic mass is 35.5. The Hall–Kier alpha value is -3.45. The Kier molecular flexibility index (Phi) is 6.56. The van der Waals surface area contributed by atoms with Crippen molar-refractivity contribution in [3.8, 4) is 0 Å². The molecule has 3 aromatic rings. The zero-order chi connectivity index (χ0) is 26.3.